The standard InChI is InChI=1S/C6H7N3O4.H2O/c10-5(11)2-1-4-6(9(12)13)8-3-7-4;/h3H,1-2H2,(H,7,8)(H,10,11);1H2. The number of carboxylic acids is 1. The molecule has 1 heterocycles. The summed E-state index contributed by atoms with van der Waals surface area (Å²) in [6, 6.07) is 0. The fourth-order valence-electron chi connectivity index (χ4n) is 0.887. The van der Waals surface area contributed by atoms with Gasteiger partial charge >= 0.3 is 11.8 Å². The molecule has 0 fully saturated rings. The zero-order chi connectivity index (χ0) is 9.84. The minimum Gasteiger partial charge on any atom is -0.481 e. The number of aromatic nitrogens is 2. The molecular weight excluding hydrogens is 194 g/mol. The first-order chi connectivity index (χ1) is 6.11. The Balaban J connectivity index is 0.00000169. The van der Waals surface area contributed by atoms with Gasteiger partial charge in [0.2, 0.25) is 6.33 Å². The van der Waals surface area contributed by atoms with Gasteiger partial charge in [-0.3, -0.25) is 4.79 Å². The lowest BCUT2D eigenvalue weighted by molar-refractivity contribution is -0.390. The summed E-state index contributed by atoms with van der Waals surface area (Å²) in [4.78, 5) is 25.8. The number of rotatable bonds is 4. The highest BCUT2D eigenvalue weighted by Gasteiger charge is 2.16. The third kappa shape index (κ3) is 2.83. The number of nitrogens with zero attached hydrogens (tertiary/aromatic N) is 2. The first kappa shape index (κ1) is 12.0. The number of imidazole rings is 1. The lowest BCUT2D eigenvalue weighted by atomic mass is 10.2. The Labute approximate surface area is 78.0 Å². The van der Waals surface area contributed by atoms with Crippen LogP contribution in [0.3, 0.4) is 0 Å². The maximum atomic E-state index is 10.3. The summed E-state index contributed by atoms with van der Waals surface area (Å²) in [6.45, 7) is 0. The van der Waals surface area contributed by atoms with E-state index in [1.165, 1.54) is 6.33 Å². The monoisotopic (exact) mass is 203 g/mol. The van der Waals surface area contributed by atoms with Crippen LogP contribution in [0.5, 0.6) is 0 Å². The molecule has 0 bridgehead atoms. The minimum absolute atomic E-state index is 0. The number of nitro groups is 1. The van der Waals surface area contributed by atoms with E-state index in [-0.39, 0.29) is 29.8 Å². The predicted molar refractivity (Wildman–Crippen MR) is 44.8 cm³/mol. The van der Waals surface area contributed by atoms with Crippen molar-refractivity contribution >= 4 is 11.8 Å². The van der Waals surface area contributed by atoms with Crippen LogP contribution < -0.4 is 0 Å². The lowest BCUT2D eigenvalue weighted by Gasteiger charge is -1.93. The van der Waals surface area contributed by atoms with Crippen molar-refractivity contribution in [2.45, 2.75) is 12.8 Å². The van der Waals surface area contributed by atoms with Crippen molar-refractivity contribution in [1.29, 1.82) is 0 Å². The average molecular weight is 203 g/mol. The van der Waals surface area contributed by atoms with Gasteiger partial charge in [-0.2, -0.15) is 0 Å². The number of H-pyrrole nitrogens is 1. The molecule has 14 heavy (non-hydrogen) atoms. The molecule has 0 aliphatic rings. The summed E-state index contributed by atoms with van der Waals surface area (Å²) in [5.41, 5.74) is 0.243. The topological polar surface area (TPSA) is 141 Å². The van der Waals surface area contributed by atoms with Gasteiger partial charge in [-0.25, -0.2) is 0 Å². The van der Waals surface area contributed by atoms with Gasteiger partial charge < -0.3 is 25.7 Å². The summed E-state index contributed by atoms with van der Waals surface area (Å²) in [5.74, 6) is -1.30. The van der Waals surface area contributed by atoms with Gasteiger partial charge in [-0.05, 0) is 9.91 Å². The second-order valence-corrected chi connectivity index (χ2v) is 2.36. The number of carbonyl (C=O) groups is 1. The number of nitrogens with one attached hydrogen (secondary N) is 1. The van der Waals surface area contributed by atoms with E-state index < -0.39 is 10.9 Å². The highest BCUT2D eigenvalue weighted by Crippen LogP contribution is 2.13. The molecule has 78 valence electrons. The average Bonchev–Trinajstić information content (AvgIpc) is 2.47. The molecule has 0 radical (unpaired) electrons. The molecule has 4 N–H and O–H groups in total. The molecule has 0 aliphatic heterocycles. The fourth-order valence-corrected chi connectivity index (χ4v) is 0.887. The van der Waals surface area contributed by atoms with Gasteiger partial charge in [0, 0.05) is 6.42 Å². The number of aromatic amines is 1. The lowest BCUT2D eigenvalue weighted by Crippen LogP contribution is -2.00. The number of hydrogen-bond acceptors (Lipinski definition) is 4. The van der Waals surface area contributed by atoms with E-state index in [0.29, 0.717) is 0 Å². The quantitative estimate of drug-likeness (QED) is 0.501. The Morgan fingerprint density at radius 3 is 2.86 bits per heavy atom. The Morgan fingerprint density at radius 2 is 2.36 bits per heavy atom. The van der Waals surface area contributed by atoms with Gasteiger partial charge in [-0.1, -0.05) is 0 Å². The van der Waals surface area contributed by atoms with Crippen LogP contribution >= 0.6 is 0 Å². The van der Waals surface area contributed by atoms with E-state index in [4.69, 9.17) is 5.11 Å². The number of hydrogen-bond donors (Lipinski definition) is 2. The van der Waals surface area contributed by atoms with E-state index in [0.717, 1.165) is 0 Å². The van der Waals surface area contributed by atoms with Crippen LogP contribution in [0.15, 0.2) is 6.33 Å². The van der Waals surface area contributed by atoms with Crippen molar-refractivity contribution in [3.05, 3.63) is 22.1 Å². The van der Waals surface area contributed by atoms with Gasteiger partial charge in [0.25, 0.3) is 0 Å². The second-order valence-electron chi connectivity index (χ2n) is 2.36. The maximum absolute atomic E-state index is 10.3. The molecular formula is C6H9N3O5. The molecule has 0 unspecified atom stereocenters. The molecule has 0 spiro atoms. The van der Waals surface area contributed by atoms with E-state index in [1.807, 2.05) is 0 Å². The third-order valence-electron chi connectivity index (χ3n) is 1.46. The normalized spacial score (nSPS) is 9.14. The Morgan fingerprint density at radius 1 is 1.71 bits per heavy atom. The summed E-state index contributed by atoms with van der Waals surface area (Å²) in [7, 11) is 0. The van der Waals surface area contributed by atoms with E-state index in [9.17, 15) is 14.9 Å². The Hall–Kier alpha value is -1.96. The van der Waals surface area contributed by atoms with Crippen LogP contribution in [0.4, 0.5) is 5.82 Å². The smallest absolute Gasteiger partial charge is 0.384 e. The van der Waals surface area contributed by atoms with Crippen molar-refractivity contribution in [1.82, 2.24) is 9.97 Å². The largest absolute Gasteiger partial charge is 0.481 e. The van der Waals surface area contributed by atoms with Crippen molar-refractivity contribution in [2.75, 3.05) is 0 Å². The minimum atomic E-state index is -0.996. The highest BCUT2D eigenvalue weighted by atomic mass is 16.6. The molecule has 0 aliphatic carbocycles. The molecule has 8 heteroatoms. The summed E-state index contributed by atoms with van der Waals surface area (Å²) >= 11 is 0. The van der Waals surface area contributed by atoms with Crippen LogP contribution in [-0.2, 0) is 11.2 Å². The molecule has 0 saturated heterocycles. The molecule has 1 rings (SSSR count). The van der Waals surface area contributed by atoms with Crippen LogP contribution in [0.25, 0.3) is 0 Å². The predicted octanol–water partition coefficient (Wildman–Crippen LogP) is -0.490. The summed E-state index contributed by atoms with van der Waals surface area (Å²) in [5, 5.41) is 18.6. The van der Waals surface area contributed by atoms with Crippen LogP contribution in [0, 0.1) is 10.1 Å². The van der Waals surface area contributed by atoms with Crippen molar-refractivity contribution < 1.29 is 20.3 Å². The fraction of sp³-hybridized carbons (Fsp3) is 0.333. The number of carboxylic acid groups (broad SMARTS) is 1. The molecule has 0 atom stereocenters. The molecule has 0 amide bonds. The second kappa shape index (κ2) is 4.92. The number of aliphatic carboxylic acids is 1. The van der Waals surface area contributed by atoms with E-state index >= 15 is 0 Å². The van der Waals surface area contributed by atoms with Gasteiger partial charge in [0.1, 0.15) is 5.69 Å². The van der Waals surface area contributed by atoms with Crippen molar-refractivity contribution in [2.24, 2.45) is 0 Å². The SMILES string of the molecule is O.O=C(O)CCc1[nH]cnc1[N+](=O)[O-]. The first-order valence-electron chi connectivity index (χ1n) is 3.49. The third-order valence-corrected chi connectivity index (χ3v) is 1.46. The molecule has 1 aromatic rings. The molecule has 0 saturated carbocycles. The van der Waals surface area contributed by atoms with E-state index in [1.54, 1.807) is 0 Å². The Bertz CT molecular complexity index is 334. The van der Waals surface area contributed by atoms with Crippen LogP contribution in [0.1, 0.15) is 12.1 Å². The van der Waals surface area contributed by atoms with Crippen LogP contribution in [0.2, 0.25) is 0 Å². The van der Waals surface area contributed by atoms with Crippen LogP contribution in [-0.4, -0.2) is 31.4 Å². The molecule has 1 aromatic heterocycles. The van der Waals surface area contributed by atoms with Gasteiger partial charge in [0.15, 0.2) is 0 Å². The maximum Gasteiger partial charge on any atom is 0.384 e. The van der Waals surface area contributed by atoms with Gasteiger partial charge in [-0.15, -0.1) is 0 Å². The highest BCUT2D eigenvalue weighted by molar-refractivity contribution is 5.67. The molecule has 8 nitrogen and oxygen atoms in total. The van der Waals surface area contributed by atoms with Crippen molar-refractivity contribution in [3.8, 4) is 0 Å². The first-order valence-corrected chi connectivity index (χ1v) is 3.49. The van der Waals surface area contributed by atoms with Gasteiger partial charge in [0.05, 0.1) is 6.42 Å². The zero-order valence-electron chi connectivity index (χ0n) is 7.06. The summed E-state index contributed by atoms with van der Waals surface area (Å²) in [6.07, 6.45) is 1.12. The van der Waals surface area contributed by atoms with Crippen molar-refractivity contribution in [3.63, 3.8) is 0 Å². The van der Waals surface area contributed by atoms with E-state index in [2.05, 4.69) is 9.97 Å². The Kier molecular flexibility index (Phi) is 4.23. The molecule has 0 aromatic carbocycles. The number of aryl methyl sites for hydroxylation is 1. The summed E-state index contributed by atoms with van der Waals surface area (Å²) < 4.78 is 0. The zero-order valence-corrected chi connectivity index (χ0v) is 7.06.